The highest BCUT2D eigenvalue weighted by molar-refractivity contribution is 7.90. The van der Waals surface area contributed by atoms with Crippen LogP contribution in [-0.2, 0) is 14.8 Å². The number of nitrogens with zero attached hydrogens (tertiary/aromatic N) is 1. The number of hydrogen-bond donors (Lipinski definition) is 0. The molecule has 0 radical (unpaired) electrons. The molecule has 0 N–H and O–H groups in total. The smallest absolute Gasteiger partial charge is 0.259 e. The molecule has 1 aliphatic heterocycles. The van der Waals surface area contributed by atoms with Crippen molar-refractivity contribution in [3.63, 3.8) is 0 Å². The lowest BCUT2D eigenvalue weighted by Crippen LogP contribution is -2.43. The van der Waals surface area contributed by atoms with Gasteiger partial charge in [-0.05, 0) is 37.0 Å². The van der Waals surface area contributed by atoms with Crippen LogP contribution in [0.4, 0.5) is 0 Å². The first-order valence-corrected chi connectivity index (χ1v) is 9.10. The Morgan fingerprint density at radius 1 is 1.40 bits per heavy atom. The van der Waals surface area contributed by atoms with E-state index in [9.17, 15) is 13.2 Å². The highest BCUT2D eigenvalue weighted by Gasteiger charge is 2.72. The van der Waals surface area contributed by atoms with Gasteiger partial charge in [0.15, 0.2) is 0 Å². The van der Waals surface area contributed by atoms with Gasteiger partial charge in [-0.3, -0.25) is 4.79 Å². The number of allylic oxidation sites excluding steroid dienone is 1. The minimum Gasteiger partial charge on any atom is -0.269 e. The molecular weight excluding hydrogens is 274 g/mol. The molecular formula is C15H23NO3S. The predicted octanol–water partition coefficient (Wildman–Crippen LogP) is 2.32. The lowest BCUT2D eigenvalue weighted by Gasteiger charge is -2.36. The van der Waals surface area contributed by atoms with Gasteiger partial charge in [-0.15, -0.1) is 0 Å². The second kappa shape index (κ2) is 4.09. The van der Waals surface area contributed by atoms with Gasteiger partial charge < -0.3 is 0 Å². The first-order valence-electron chi connectivity index (χ1n) is 7.49. The molecule has 20 heavy (non-hydrogen) atoms. The molecule has 3 fully saturated rings. The molecule has 2 saturated carbocycles. The Morgan fingerprint density at radius 3 is 2.70 bits per heavy atom. The Bertz CT molecular complexity index is 578. The average molecular weight is 297 g/mol. The van der Waals surface area contributed by atoms with Crippen molar-refractivity contribution < 1.29 is 13.2 Å². The van der Waals surface area contributed by atoms with Crippen molar-refractivity contribution in [2.45, 2.75) is 52.5 Å². The number of carbonyl (C=O) groups is 1. The second-order valence-electron chi connectivity index (χ2n) is 7.07. The summed E-state index contributed by atoms with van der Waals surface area (Å²) >= 11 is 0. The first kappa shape index (κ1) is 14.1. The third-order valence-corrected chi connectivity index (χ3v) is 8.04. The van der Waals surface area contributed by atoms with Crippen molar-refractivity contribution in [1.82, 2.24) is 4.31 Å². The summed E-state index contributed by atoms with van der Waals surface area (Å²) in [6.07, 6.45) is 6.79. The second-order valence-corrected chi connectivity index (χ2v) is 8.91. The third-order valence-electron chi connectivity index (χ3n) is 6.12. The van der Waals surface area contributed by atoms with Gasteiger partial charge in [0.2, 0.25) is 10.0 Å². The van der Waals surface area contributed by atoms with Crippen LogP contribution >= 0.6 is 0 Å². The van der Waals surface area contributed by atoms with E-state index in [-0.39, 0.29) is 28.5 Å². The fraction of sp³-hybridized carbons (Fsp3) is 0.800. The summed E-state index contributed by atoms with van der Waals surface area (Å²) < 4.78 is 26.3. The molecule has 2 bridgehead atoms. The number of sulfonamides is 1. The number of amides is 1. The summed E-state index contributed by atoms with van der Waals surface area (Å²) in [4.78, 5) is 12.3. The molecule has 4 nitrogen and oxygen atoms in total. The first-order chi connectivity index (χ1) is 9.26. The Balaban J connectivity index is 2.02. The van der Waals surface area contributed by atoms with Crippen molar-refractivity contribution in [3.8, 4) is 0 Å². The molecule has 0 aromatic carbocycles. The fourth-order valence-electron chi connectivity index (χ4n) is 4.87. The molecule has 0 aromatic rings. The molecule has 1 saturated heterocycles. The number of fused-ring (bicyclic) bond motifs is 1. The van der Waals surface area contributed by atoms with E-state index in [2.05, 4.69) is 13.8 Å². The quantitative estimate of drug-likeness (QED) is 0.735. The lowest BCUT2D eigenvalue weighted by atomic mass is 9.69. The molecule has 112 valence electrons. The Hall–Kier alpha value is -0.840. The Labute approximate surface area is 121 Å². The molecule has 2 aliphatic carbocycles. The van der Waals surface area contributed by atoms with Gasteiger partial charge in [0, 0.05) is 11.5 Å². The Kier molecular flexibility index (Phi) is 2.89. The topological polar surface area (TPSA) is 54.5 Å². The van der Waals surface area contributed by atoms with Crippen LogP contribution in [0.1, 0.15) is 46.5 Å². The van der Waals surface area contributed by atoms with Crippen LogP contribution in [0.3, 0.4) is 0 Å². The minimum absolute atomic E-state index is 0.0221. The van der Waals surface area contributed by atoms with E-state index in [1.165, 1.54) is 10.4 Å². The zero-order valence-corrected chi connectivity index (χ0v) is 13.2. The maximum absolute atomic E-state index is 12.5. The summed E-state index contributed by atoms with van der Waals surface area (Å²) in [7, 11) is -3.46. The molecule has 1 heterocycles. The van der Waals surface area contributed by atoms with Gasteiger partial charge in [0.05, 0.1) is 11.8 Å². The third kappa shape index (κ3) is 1.53. The standard InChI is InChI=1S/C15H23NO3S/c1-4-5-6-13(17)16-12-9-11-7-8-15(12,14(11,2)3)10-20(16,18)19/h5-6,11-12H,4,7-10H2,1-3H3/b6-5+. The van der Waals surface area contributed by atoms with Crippen LogP contribution in [0.2, 0.25) is 0 Å². The van der Waals surface area contributed by atoms with Crippen LogP contribution in [0.25, 0.3) is 0 Å². The maximum atomic E-state index is 12.5. The van der Waals surface area contributed by atoms with Crippen molar-refractivity contribution >= 4 is 15.9 Å². The molecule has 1 amide bonds. The van der Waals surface area contributed by atoms with Crippen LogP contribution in [-0.4, -0.2) is 30.4 Å². The molecule has 3 atom stereocenters. The van der Waals surface area contributed by atoms with Crippen LogP contribution in [0.5, 0.6) is 0 Å². The Morgan fingerprint density at radius 2 is 2.10 bits per heavy atom. The summed E-state index contributed by atoms with van der Waals surface area (Å²) in [6, 6.07) is -0.116. The largest absolute Gasteiger partial charge is 0.269 e. The van der Waals surface area contributed by atoms with Crippen molar-refractivity contribution in [2.75, 3.05) is 5.75 Å². The van der Waals surface area contributed by atoms with E-state index in [0.717, 1.165) is 25.7 Å². The summed E-state index contributed by atoms with van der Waals surface area (Å²) in [5.41, 5.74) is -0.194. The zero-order valence-electron chi connectivity index (χ0n) is 12.4. The van der Waals surface area contributed by atoms with Crippen LogP contribution in [0, 0.1) is 16.7 Å². The summed E-state index contributed by atoms with van der Waals surface area (Å²) in [5, 5.41) is 0. The monoisotopic (exact) mass is 297 g/mol. The van der Waals surface area contributed by atoms with E-state index in [4.69, 9.17) is 0 Å². The SMILES string of the molecule is CC/C=C/C(=O)N1C2CC3CCC2(CS1(=O)=O)C3(C)C. The molecule has 5 heteroatoms. The van der Waals surface area contributed by atoms with Gasteiger partial charge >= 0.3 is 0 Å². The number of carbonyl (C=O) groups excluding carboxylic acids is 1. The molecule has 3 unspecified atom stereocenters. The zero-order chi connectivity index (χ0) is 14.8. The number of rotatable bonds is 2. The molecule has 1 spiro atoms. The van der Waals surface area contributed by atoms with E-state index >= 15 is 0 Å². The van der Waals surface area contributed by atoms with Crippen molar-refractivity contribution in [3.05, 3.63) is 12.2 Å². The lowest BCUT2D eigenvalue weighted by molar-refractivity contribution is -0.124. The number of hydrogen-bond acceptors (Lipinski definition) is 3. The van der Waals surface area contributed by atoms with Crippen LogP contribution < -0.4 is 0 Å². The maximum Gasteiger partial charge on any atom is 0.259 e. The van der Waals surface area contributed by atoms with Gasteiger partial charge in [-0.25, -0.2) is 12.7 Å². The van der Waals surface area contributed by atoms with E-state index < -0.39 is 10.0 Å². The fourth-order valence-corrected chi connectivity index (χ4v) is 7.38. The minimum atomic E-state index is -3.46. The molecule has 3 aliphatic rings. The highest BCUT2D eigenvalue weighted by Crippen LogP contribution is 2.69. The van der Waals surface area contributed by atoms with Crippen molar-refractivity contribution in [1.29, 1.82) is 0 Å². The van der Waals surface area contributed by atoms with Crippen LogP contribution in [0.15, 0.2) is 12.2 Å². The highest BCUT2D eigenvalue weighted by atomic mass is 32.2. The van der Waals surface area contributed by atoms with E-state index in [1.54, 1.807) is 6.08 Å². The van der Waals surface area contributed by atoms with Gasteiger partial charge in [0.1, 0.15) is 0 Å². The summed E-state index contributed by atoms with van der Waals surface area (Å²) in [6.45, 7) is 6.32. The molecule has 0 aromatic heterocycles. The predicted molar refractivity (Wildman–Crippen MR) is 77.4 cm³/mol. The average Bonchev–Trinajstić information content (AvgIpc) is 2.82. The van der Waals surface area contributed by atoms with Gasteiger partial charge in [-0.1, -0.05) is 26.8 Å². The van der Waals surface area contributed by atoms with Crippen molar-refractivity contribution in [2.24, 2.45) is 16.7 Å². The normalized spacial score (nSPS) is 40.5. The van der Waals surface area contributed by atoms with E-state index in [1.807, 2.05) is 6.92 Å². The van der Waals surface area contributed by atoms with E-state index in [0.29, 0.717) is 5.92 Å². The molecule has 3 rings (SSSR count). The van der Waals surface area contributed by atoms with Gasteiger partial charge in [0.25, 0.3) is 5.91 Å². The summed E-state index contributed by atoms with van der Waals surface area (Å²) in [5.74, 6) is 0.352. The van der Waals surface area contributed by atoms with Gasteiger partial charge in [-0.2, -0.15) is 0 Å².